The van der Waals surface area contributed by atoms with Crippen LogP contribution in [0.4, 0.5) is 5.69 Å². The summed E-state index contributed by atoms with van der Waals surface area (Å²) in [5.74, 6) is 1.08. The highest BCUT2D eigenvalue weighted by Crippen LogP contribution is 2.23. The highest BCUT2D eigenvalue weighted by atomic mass is 79.9. The molecule has 20 heavy (non-hydrogen) atoms. The van der Waals surface area contributed by atoms with Gasteiger partial charge in [-0.05, 0) is 29.8 Å². The summed E-state index contributed by atoms with van der Waals surface area (Å²) in [4.78, 5) is 4.69. The Kier molecular flexibility index (Phi) is 3.49. The molecule has 1 heterocycles. The normalized spacial score (nSPS) is 11.1. The summed E-state index contributed by atoms with van der Waals surface area (Å²) in [5.41, 5.74) is 9.95. The molecule has 3 nitrogen and oxygen atoms in total. The molecular formula is C16H16BrN3. The molecule has 0 aliphatic carbocycles. The lowest BCUT2D eigenvalue weighted by atomic mass is 10.2. The van der Waals surface area contributed by atoms with Crippen molar-refractivity contribution in [3.63, 3.8) is 0 Å². The SMILES string of the molecule is CCc1nc2cc(N)ccc2n1Cc1ccccc1Br. The van der Waals surface area contributed by atoms with E-state index in [1.165, 1.54) is 5.56 Å². The van der Waals surface area contributed by atoms with E-state index in [4.69, 9.17) is 5.73 Å². The molecule has 0 spiro atoms. The van der Waals surface area contributed by atoms with Crippen molar-refractivity contribution in [1.29, 1.82) is 0 Å². The Morgan fingerprint density at radius 2 is 2.00 bits per heavy atom. The molecule has 0 atom stereocenters. The second kappa shape index (κ2) is 5.29. The number of imidazole rings is 1. The molecular weight excluding hydrogens is 314 g/mol. The second-order valence-electron chi connectivity index (χ2n) is 4.81. The van der Waals surface area contributed by atoms with Gasteiger partial charge in [0.1, 0.15) is 5.82 Å². The van der Waals surface area contributed by atoms with E-state index in [-0.39, 0.29) is 0 Å². The molecule has 3 aromatic rings. The van der Waals surface area contributed by atoms with Crippen LogP contribution in [0.2, 0.25) is 0 Å². The Hall–Kier alpha value is -1.81. The van der Waals surface area contributed by atoms with Crippen LogP contribution in [0.1, 0.15) is 18.3 Å². The van der Waals surface area contributed by atoms with Gasteiger partial charge in [0.25, 0.3) is 0 Å². The first-order valence-electron chi connectivity index (χ1n) is 6.67. The van der Waals surface area contributed by atoms with Gasteiger partial charge in [-0.1, -0.05) is 41.1 Å². The number of fused-ring (bicyclic) bond motifs is 1. The van der Waals surface area contributed by atoms with Crippen molar-refractivity contribution in [1.82, 2.24) is 9.55 Å². The number of nitrogens with zero attached hydrogens (tertiary/aromatic N) is 2. The topological polar surface area (TPSA) is 43.8 Å². The van der Waals surface area contributed by atoms with Crippen molar-refractivity contribution in [2.45, 2.75) is 19.9 Å². The Morgan fingerprint density at radius 1 is 1.20 bits per heavy atom. The van der Waals surface area contributed by atoms with Gasteiger partial charge in [-0.25, -0.2) is 4.98 Å². The number of hydrogen-bond acceptors (Lipinski definition) is 2. The molecule has 2 aromatic carbocycles. The third-order valence-corrected chi connectivity index (χ3v) is 4.23. The average molecular weight is 330 g/mol. The van der Waals surface area contributed by atoms with Crippen molar-refractivity contribution < 1.29 is 0 Å². The predicted molar refractivity (Wildman–Crippen MR) is 86.8 cm³/mol. The van der Waals surface area contributed by atoms with Crippen LogP contribution in [-0.4, -0.2) is 9.55 Å². The lowest BCUT2D eigenvalue weighted by Crippen LogP contribution is -2.04. The van der Waals surface area contributed by atoms with Gasteiger partial charge in [-0.3, -0.25) is 0 Å². The van der Waals surface area contributed by atoms with Gasteiger partial charge in [-0.2, -0.15) is 0 Å². The van der Waals surface area contributed by atoms with Crippen LogP contribution in [0.5, 0.6) is 0 Å². The van der Waals surface area contributed by atoms with E-state index in [9.17, 15) is 0 Å². The van der Waals surface area contributed by atoms with Crippen molar-refractivity contribution in [3.05, 3.63) is 58.3 Å². The third kappa shape index (κ3) is 2.31. The summed E-state index contributed by atoms with van der Waals surface area (Å²) in [6.07, 6.45) is 0.902. The van der Waals surface area contributed by atoms with E-state index < -0.39 is 0 Å². The number of nitrogens with two attached hydrogens (primary N) is 1. The number of benzene rings is 2. The summed E-state index contributed by atoms with van der Waals surface area (Å²) in [6, 6.07) is 14.2. The van der Waals surface area contributed by atoms with E-state index in [0.29, 0.717) is 0 Å². The van der Waals surface area contributed by atoms with Crippen LogP contribution in [0.3, 0.4) is 0 Å². The monoisotopic (exact) mass is 329 g/mol. The fraction of sp³-hybridized carbons (Fsp3) is 0.188. The van der Waals surface area contributed by atoms with Crippen LogP contribution in [0, 0.1) is 0 Å². The smallest absolute Gasteiger partial charge is 0.109 e. The maximum absolute atomic E-state index is 5.84. The van der Waals surface area contributed by atoms with Crippen LogP contribution in [0.25, 0.3) is 11.0 Å². The highest BCUT2D eigenvalue weighted by Gasteiger charge is 2.11. The van der Waals surface area contributed by atoms with E-state index >= 15 is 0 Å². The molecule has 0 bridgehead atoms. The molecule has 1 aromatic heterocycles. The van der Waals surface area contributed by atoms with Gasteiger partial charge in [-0.15, -0.1) is 0 Å². The molecule has 0 aliphatic heterocycles. The summed E-state index contributed by atoms with van der Waals surface area (Å²) in [6.45, 7) is 2.94. The Labute approximate surface area is 126 Å². The minimum atomic E-state index is 0.755. The number of rotatable bonds is 3. The first-order valence-corrected chi connectivity index (χ1v) is 7.46. The largest absolute Gasteiger partial charge is 0.399 e. The van der Waals surface area contributed by atoms with Gasteiger partial charge in [0, 0.05) is 16.6 Å². The standard InChI is InChI=1S/C16H16BrN3/c1-2-16-19-14-9-12(18)7-8-15(14)20(16)10-11-5-3-4-6-13(11)17/h3-9H,2,10,18H2,1H3. The number of aryl methyl sites for hydroxylation is 1. The highest BCUT2D eigenvalue weighted by molar-refractivity contribution is 9.10. The van der Waals surface area contributed by atoms with E-state index in [1.54, 1.807) is 0 Å². The van der Waals surface area contributed by atoms with E-state index in [0.717, 1.165) is 40.0 Å². The average Bonchev–Trinajstić information content (AvgIpc) is 2.78. The Balaban J connectivity index is 2.12. The fourth-order valence-electron chi connectivity index (χ4n) is 2.44. The molecule has 0 saturated heterocycles. The molecule has 4 heteroatoms. The van der Waals surface area contributed by atoms with Crippen molar-refractivity contribution >= 4 is 32.7 Å². The van der Waals surface area contributed by atoms with Crippen molar-refractivity contribution in [2.24, 2.45) is 0 Å². The third-order valence-electron chi connectivity index (χ3n) is 3.45. The molecule has 3 rings (SSSR count). The lowest BCUT2D eigenvalue weighted by Gasteiger charge is -2.10. The van der Waals surface area contributed by atoms with Crippen LogP contribution in [0.15, 0.2) is 46.9 Å². The van der Waals surface area contributed by atoms with Crippen LogP contribution < -0.4 is 5.73 Å². The first-order chi connectivity index (χ1) is 9.69. The zero-order valence-electron chi connectivity index (χ0n) is 11.3. The molecule has 0 radical (unpaired) electrons. The molecule has 0 aliphatic rings. The van der Waals surface area contributed by atoms with Crippen LogP contribution in [-0.2, 0) is 13.0 Å². The minimum absolute atomic E-state index is 0.755. The summed E-state index contributed by atoms with van der Waals surface area (Å²) in [5, 5.41) is 0. The van der Waals surface area contributed by atoms with Gasteiger partial charge < -0.3 is 10.3 Å². The molecule has 2 N–H and O–H groups in total. The zero-order chi connectivity index (χ0) is 14.1. The van der Waals surface area contributed by atoms with E-state index in [1.807, 2.05) is 24.3 Å². The number of hydrogen-bond donors (Lipinski definition) is 1. The Morgan fingerprint density at radius 3 is 2.75 bits per heavy atom. The van der Waals surface area contributed by atoms with Gasteiger partial charge in [0.15, 0.2) is 0 Å². The maximum atomic E-state index is 5.84. The lowest BCUT2D eigenvalue weighted by molar-refractivity contribution is 0.751. The summed E-state index contributed by atoms with van der Waals surface area (Å²) in [7, 11) is 0. The maximum Gasteiger partial charge on any atom is 0.109 e. The number of nitrogen functional groups attached to an aromatic ring is 1. The number of aromatic nitrogens is 2. The predicted octanol–water partition coefficient (Wildman–Crippen LogP) is 3.99. The fourth-order valence-corrected chi connectivity index (χ4v) is 2.85. The zero-order valence-corrected chi connectivity index (χ0v) is 12.9. The van der Waals surface area contributed by atoms with Crippen molar-refractivity contribution in [3.8, 4) is 0 Å². The molecule has 102 valence electrons. The van der Waals surface area contributed by atoms with Gasteiger partial charge >= 0.3 is 0 Å². The first kappa shape index (κ1) is 13.2. The molecule has 0 fully saturated rings. The summed E-state index contributed by atoms with van der Waals surface area (Å²) < 4.78 is 3.38. The molecule has 0 unspecified atom stereocenters. The van der Waals surface area contributed by atoms with E-state index in [2.05, 4.69) is 50.6 Å². The number of halogens is 1. The Bertz CT molecular complexity index is 762. The minimum Gasteiger partial charge on any atom is -0.399 e. The van der Waals surface area contributed by atoms with Gasteiger partial charge in [0.2, 0.25) is 0 Å². The molecule has 0 saturated carbocycles. The van der Waals surface area contributed by atoms with Gasteiger partial charge in [0.05, 0.1) is 17.6 Å². The second-order valence-corrected chi connectivity index (χ2v) is 5.66. The quantitative estimate of drug-likeness (QED) is 0.738. The van der Waals surface area contributed by atoms with Crippen LogP contribution >= 0.6 is 15.9 Å². The summed E-state index contributed by atoms with van der Waals surface area (Å²) >= 11 is 3.61. The number of anilines is 1. The van der Waals surface area contributed by atoms with Crippen molar-refractivity contribution in [2.75, 3.05) is 5.73 Å². The molecule has 0 amide bonds.